The van der Waals surface area contributed by atoms with Crippen LogP contribution in [0.2, 0.25) is 0 Å². The normalized spacial score (nSPS) is 23.0. The van der Waals surface area contributed by atoms with E-state index in [1.807, 2.05) is 102 Å². The number of carbonyl (C=O) groups excluding carboxylic acids is 5. The van der Waals surface area contributed by atoms with E-state index in [1.54, 1.807) is 0 Å². The number of aliphatic hydroxyl groups is 2. The number of ketones is 1. The van der Waals surface area contributed by atoms with E-state index < -0.39 is 63.8 Å². The molecule has 7 N–H and O–H groups in total. The van der Waals surface area contributed by atoms with Crippen LogP contribution in [0, 0.1) is 45.3 Å². The first-order chi connectivity index (χ1) is 55.4. The Kier molecular flexibility index (Phi) is 37.0. The van der Waals surface area contributed by atoms with Gasteiger partial charge in [-0.05, 0) is 213 Å². The van der Waals surface area contributed by atoms with Crippen molar-refractivity contribution >= 4 is 43.6 Å². The molecule has 2 atom stereocenters. The Morgan fingerprint density at radius 3 is 0.941 bits per heavy atom. The van der Waals surface area contributed by atoms with Crippen molar-refractivity contribution in [1.82, 2.24) is 15.5 Å². The molecule has 0 aliphatic heterocycles. The molecule has 8 aliphatic carbocycles. The fraction of sp³-hybridized carbons (Fsp3) is 0.489. The topological polar surface area (TPSA) is 339 Å². The number of benzene rings is 6. The van der Waals surface area contributed by atoms with Crippen molar-refractivity contribution in [3.05, 3.63) is 214 Å². The first-order valence-electron chi connectivity index (χ1n) is 39.7. The summed E-state index contributed by atoms with van der Waals surface area (Å²) < 4.78 is 80.2. The zero-order chi connectivity index (χ0) is 85.8. The van der Waals surface area contributed by atoms with Crippen LogP contribution in [0.5, 0.6) is 0 Å². The van der Waals surface area contributed by atoms with E-state index in [0.29, 0.717) is 88.9 Å². The van der Waals surface area contributed by atoms with Gasteiger partial charge in [-0.3, -0.25) is 14.4 Å². The monoisotopic (exact) mass is 1640 g/mol. The fourth-order valence-corrected chi connectivity index (χ4v) is 14.5. The standard InChI is InChI=1S/C26H27F3N2O2.2C16H20N2.C13H13NO.C10H9F3O3.C4H6O4.C3H7N.C2H3BO2.Na/c1-24(33,26(27,28)29)19-9-7-18(8-10-19)23(32)31(21-11-12-21)22-13-15-25(17-30,16-14-22)20-5-3-2-4-6-20;2*17-12-16(13-4-2-1-3-5-13)10-8-15(9-11-16)18-14-6-7-14;14-10-13(8-6-12(15)7-9-13)11-4-2-1-3-5-11;1-9(16,10(11,12)13)7-4-2-6(3-5-7)8(14)15;1-3(5)7-8-4(2)6;4-3-1-2-3;1-2(4)5-3;/h2-10,21-22,33H,11-16H2,1H3;2*1-5,14-15,18H,6-11H2;1-5H,6-9H2;2-5,16H,1H3,(H,14,15);1-2H3;3H,1-2,4H2;1H3;/q;;;;;;;-1;+1/t22?,24-,25?;;;;9-;;;;/m0...0..../s1. The summed E-state index contributed by atoms with van der Waals surface area (Å²) in [6.45, 7) is 4.84. The number of aromatic carboxylic acids is 1. The van der Waals surface area contributed by atoms with Gasteiger partial charge in [0.05, 0.1) is 51.5 Å². The average molecular weight is 1640 g/mol. The van der Waals surface area contributed by atoms with Gasteiger partial charge in [-0.15, -0.1) is 0 Å². The summed E-state index contributed by atoms with van der Waals surface area (Å²) >= 11 is 0. The Morgan fingerprint density at radius 1 is 0.441 bits per heavy atom. The minimum atomic E-state index is -4.81. The summed E-state index contributed by atoms with van der Waals surface area (Å²) in [4.78, 5) is 73.7. The van der Waals surface area contributed by atoms with E-state index in [0.717, 1.165) is 126 Å². The van der Waals surface area contributed by atoms with Crippen LogP contribution >= 0.6 is 0 Å². The molecular weight excluding hydrogens is 1530 g/mol. The summed E-state index contributed by atoms with van der Waals surface area (Å²) in [5.74, 6) is -2.90. The number of nitrogens with one attached hydrogen (secondary N) is 2. The molecule has 3 radical (unpaired) electrons. The van der Waals surface area contributed by atoms with Crippen molar-refractivity contribution < 1.29 is 114 Å². The Hall–Kier alpha value is -9.26. The van der Waals surface area contributed by atoms with Crippen LogP contribution in [-0.4, -0.2) is 118 Å². The van der Waals surface area contributed by atoms with Crippen molar-refractivity contribution in [2.45, 2.75) is 276 Å². The average Bonchev–Trinajstić information content (AvgIpc) is 1.37. The molecule has 1 amide bonds. The van der Waals surface area contributed by atoms with Gasteiger partial charge in [0, 0.05) is 81.5 Å². The van der Waals surface area contributed by atoms with Crippen molar-refractivity contribution in [3.63, 3.8) is 0 Å². The van der Waals surface area contributed by atoms with Gasteiger partial charge in [-0.1, -0.05) is 146 Å². The van der Waals surface area contributed by atoms with E-state index in [1.165, 1.54) is 80.8 Å². The summed E-state index contributed by atoms with van der Waals surface area (Å²) in [5.41, 5.74) is 1.76. The second-order valence-corrected chi connectivity index (χ2v) is 31.6. The number of Topliss-reactive ketones (excluding diaryl/α,β-unsaturated/α-hetero) is 1. The van der Waals surface area contributed by atoms with Gasteiger partial charge >= 0.3 is 59.8 Å². The van der Waals surface area contributed by atoms with E-state index in [2.05, 4.69) is 81.7 Å². The van der Waals surface area contributed by atoms with Gasteiger partial charge in [0.2, 0.25) is 5.97 Å². The van der Waals surface area contributed by atoms with Gasteiger partial charge in [-0.2, -0.15) is 47.4 Å². The maximum atomic E-state index is 13.4. The van der Waals surface area contributed by atoms with Crippen LogP contribution in [0.1, 0.15) is 243 Å². The molecule has 0 unspecified atom stereocenters. The van der Waals surface area contributed by atoms with Crippen molar-refractivity contribution in [3.8, 4) is 24.3 Å². The van der Waals surface area contributed by atoms with Gasteiger partial charge in [0.15, 0.2) is 11.2 Å². The van der Waals surface area contributed by atoms with Crippen LogP contribution in [0.15, 0.2) is 170 Å². The molecule has 0 bridgehead atoms. The van der Waals surface area contributed by atoms with E-state index in [4.69, 9.17) is 10.8 Å². The van der Waals surface area contributed by atoms with Gasteiger partial charge < -0.3 is 49.3 Å². The van der Waals surface area contributed by atoms with E-state index >= 15 is 0 Å². The van der Waals surface area contributed by atoms with Crippen molar-refractivity contribution in [1.29, 1.82) is 21.0 Å². The Balaban J connectivity index is 0.000000223. The third kappa shape index (κ3) is 28.8. The number of nitrogens with two attached hydrogens (primary N) is 1. The fourth-order valence-electron chi connectivity index (χ4n) is 14.5. The second kappa shape index (κ2) is 44.7. The number of carbonyl (C=O) groups is 6. The van der Waals surface area contributed by atoms with Gasteiger partial charge in [0.25, 0.3) is 5.91 Å². The number of rotatable bonds is 14. The number of alkyl halides is 6. The predicted molar refractivity (Wildman–Crippen MR) is 426 cm³/mol. The molecule has 0 aromatic heterocycles. The zero-order valence-corrected chi connectivity index (χ0v) is 69.9. The molecule has 6 aromatic carbocycles. The maximum Gasteiger partial charge on any atom is 1.00 e. The number of nitrogens with zero attached hydrogens (tertiary/aromatic N) is 5. The number of carboxylic acid groups (broad SMARTS) is 1. The summed E-state index contributed by atoms with van der Waals surface area (Å²) in [5, 5.41) is 73.6. The number of halogens is 6. The van der Waals surface area contributed by atoms with E-state index in [-0.39, 0.29) is 75.3 Å². The number of amides is 1. The van der Waals surface area contributed by atoms with Crippen LogP contribution in [0.3, 0.4) is 0 Å². The SMILES string of the molecule is CC(=O)OOC(C)=O.C[C@](O)(c1ccc(C(=O)N(C2CC2)C2CCC(C#N)(c3ccccc3)CC2)cc1)C(F)(F)F.C[C@](O)(c1ccc(C(=O)O)cc1)C(F)(F)F.N#CC1(c2ccccc2)CCC(=O)CC1.N#CC1(c2ccccc2)CCC(NC2CC2)CC1.N#CC1(c2ccccc2)CCC(NC2CC2)CC1.NC1CC1.[B-]OC(C)=O.[Na+]. The summed E-state index contributed by atoms with van der Waals surface area (Å²) in [6, 6.07) is 62.8. The van der Waals surface area contributed by atoms with Gasteiger partial charge in [0.1, 0.15) is 5.78 Å². The van der Waals surface area contributed by atoms with Crippen molar-refractivity contribution in [2.24, 2.45) is 5.73 Å². The third-order valence-electron chi connectivity index (χ3n) is 22.5. The van der Waals surface area contributed by atoms with Crippen LogP contribution in [-0.2, 0) is 66.5 Å². The minimum Gasteiger partial charge on any atom is -0.793 e. The minimum absolute atomic E-state index is 0. The first kappa shape index (κ1) is 97.6. The molecular formula is C90H105BF6N8NaO12. The predicted octanol–water partition coefficient (Wildman–Crippen LogP) is 13.3. The summed E-state index contributed by atoms with van der Waals surface area (Å²) in [6.07, 6.45) is 13.8. The molecule has 623 valence electrons. The first-order valence-corrected chi connectivity index (χ1v) is 39.7. The Morgan fingerprint density at radius 2 is 0.703 bits per heavy atom. The molecule has 20 nitrogen and oxygen atoms in total. The molecule has 0 heterocycles. The van der Waals surface area contributed by atoms with Crippen molar-refractivity contribution in [2.75, 3.05) is 0 Å². The molecule has 8 fully saturated rings. The summed E-state index contributed by atoms with van der Waals surface area (Å²) in [7, 11) is 4.32. The smallest absolute Gasteiger partial charge is 0.793 e. The molecule has 0 saturated heterocycles. The quantitative estimate of drug-likeness (QED) is 0.0255. The third-order valence-corrected chi connectivity index (χ3v) is 22.5. The number of nitriles is 4. The van der Waals surface area contributed by atoms with Crippen LogP contribution < -0.4 is 45.9 Å². The van der Waals surface area contributed by atoms with Crippen LogP contribution in [0.25, 0.3) is 0 Å². The zero-order valence-electron chi connectivity index (χ0n) is 67.9. The number of carboxylic acids is 1. The Labute approximate surface area is 710 Å². The molecule has 8 saturated carbocycles. The maximum absolute atomic E-state index is 13.4. The largest absolute Gasteiger partial charge is 1.00 e. The second-order valence-electron chi connectivity index (χ2n) is 31.6. The molecule has 28 heteroatoms. The molecule has 14 rings (SSSR count). The Bertz CT molecular complexity index is 4260. The molecule has 118 heavy (non-hydrogen) atoms. The molecule has 0 spiro atoms. The number of hydrogen-bond acceptors (Lipinski definition) is 18. The molecule has 8 aliphatic rings. The van der Waals surface area contributed by atoms with Gasteiger partial charge in [-0.25, -0.2) is 24.2 Å². The van der Waals surface area contributed by atoms with E-state index in [9.17, 15) is 86.4 Å². The molecule has 6 aromatic rings. The number of hydrogen-bond donors (Lipinski definition) is 6. The van der Waals surface area contributed by atoms with Crippen LogP contribution in [0.4, 0.5) is 26.3 Å².